The number of hydrogen-bond donors (Lipinski definition) is 3. The van der Waals surface area contributed by atoms with Crippen molar-refractivity contribution in [2.24, 2.45) is 16.9 Å². The molecule has 80 valence electrons. The summed E-state index contributed by atoms with van der Waals surface area (Å²) in [6, 6.07) is 0. The average Bonchev–Trinajstić information content (AvgIpc) is 2.01. The van der Waals surface area contributed by atoms with Gasteiger partial charge in [-0.1, -0.05) is 0 Å². The summed E-state index contributed by atoms with van der Waals surface area (Å²) in [5.41, 5.74) is 6.26. The zero-order chi connectivity index (χ0) is 11.7. The molecule has 6 nitrogen and oxygen atoms in total. The van der Waals surface area contributed by atoms with Crippen LogP contribution < -0.4 is 11.5 Å². The van der Waals surface area contributed by atoms with Crippen molar-refractivity contribution >= 4 is 17.5 Å². The highest BCUT2D eigenvalue weighted by atomic mass is 16.4. The lowest BCUT2D eigenvalue weighted by Crippen LogP contribution is -2.71. The Morgan fingerprint density at radius 2 is 1.36 bits per heavy atom. The quantitative estimate of drug-likeness (QED) is 0.391. The number of carbonyl (C=O) groups is 3. The molecular weight excluding hydrogens is 188 g/mol. The van der Waals surface area contributed by atoms with Gasteiger partial charge in [0.2, 0.25) is 0 Å². The Kier molecular flexibility index (Phi) is 3.15. The Bertz CT molecular complexity index is 282. The first-order valence-electron chi connectivity index (χ1n) is 3.91. The van der Waals surface area contributed by atoms with Crippen molar-refractivity contribution in [1.29, 1.82) is 0 Å². The highest BCUT2D eigenvalue weighted by molar-refractivity contribution is 6.10. The van der Waals surface area contributed by atoms with Crippen LogP contribution in [0.5, 0.6) is 0 Å². The maximum Gasteiger partial charge on any atom is 0.340 e. The Morgan fingerprint density at radius 1 is 1.07 bits per heavy atom. The van der Waals surface area contributed by atoms with E-state index in [0.717, 1.165) is 20.8 Å². The van der Waals surface area contributed by atoms with E-state index in [4.69, 9.17) is 16.6 Å². The van der Waals surface area contributed by atoms with Crippen molar-refractivity contribution in [3.05, 3.63) is 0 Å². The summed E-state index contributed by atoms with van der Waals surface area (Å²) in [5.74, 6) is -2.93. The predicted octanol–water partition coefficient (Wildman–Crippen LogP) is -1.13. The van der Waals surface area contributed by atoms with Gasteiger partial charge in [0.1, 0.15) is 17.0 Å². The third-order valence-electron chi connectivity index (χ3n) is 2.59. The maximum absolute atomic E-state index is 11.2. The minimum Gasteiger partial charge on any atom is -0.479 e. The second-order valence-corrected chi connectivity index (χ2v) is 3.41. The van der Waals surface area contributed by atoms with Gasteiger partial charge in [0.15, 0.2) is 5.66 Å². The molecule has 0 bridgehead atoms. The van der Waals surface area contributed by atoms with Crippen molar-refractivity contribution in [1.82, 2.24) is 0 Å². The number of aliphatic carboxylic acids is 1. The molecule has 0 saturated carbocycles. The maximum atomic E-state index is 11.2. The van der Waals surface area contributed by atoms with Gasteiger partial charge < -0.3 is 16.6 Å². The molecule has 6 heteroatoms. The van der Waals surface area contributed by atoms with E-state index in [2.05, 4.69) is 0 Å². The average molecular weight is 202 g/mol. The van der Waals surface area contributed by atoms with Gasteiger partial charge >= 0.3 is 5.97 Å². The molecular formula is C8H14N2O4. The summed E-state index contributed by atoms with van der Waals surface area (Å²) in [7, 11) is 0. The van der Waals surface area contributed by atoms with E-state index in [9.17, 15) is 14.4 Å². The van der Waals surface area contributed by atoms with E-state index in [1.165, 1.54) is 0 Å². The van der Waals surface area contributed by atoms with Crippen LogP contribution in [0.2, 0.25) is 0 Å². The van der Waals surface area contributed by atoms with E-state index >= 15 is 0 Å². The van der Waals surface area contributed by atoms with Crippen LogP contribution >= 0.6 is 0 Å². The molecule has 0 aliphatic rings. The first kappa shape index (κ1) is 12.7. The Morgan fingerprint density at radius 3 is 1.43 bits per heavy atom. The van der Waals surface area contributed by atoms with Crippen molar-refractivity contribution in [2.75, 3.05) is 0 Å². The molecule has 0 saturated heterocycles. The van der Waals surface area contributed by atoms with Crippen LogP contribution in [0.1, 0.15) is 20.8 Å². The highest BCUT2D eigenvalue weighted by Gasteiger charge is 2.55. The van der Waals surface area contributed by atoms with E-state index in [-0.39, 0.29) is 0 Å². The molecule has 0 atom stereocenters. The van der Waals surface area contributed by atoms with Gasteiger partial charge in [-0.15, -0.1) is 0 Å². The molecule has 14 heavy (non-hydrogen) atoms. The predicted molar refractivity (Wildman–Crippen MR) is 48.2 cm³/mol. The van der Waals surface area contributed by atoms with E-state index < -0.39 is 28.6 Å². The molecule has 0 aromatic rings. The Balaban J connectivity index is 5.55. The summed E-state index contributed by atoms with van der Waals surface area (Å²) in [4.78, 5) is 33.2. The zero-order valence-corrected chi connectivity index (χ0v) is 8.33. The van der Waals surface area contributed by atoms with Crippen molar-refractivity contribution < 1.29 is 19.5 Å². The van der Waals surface area contributed by atoms with Gasteiger partial charge in [0.05, 0.1) is 0 Å². The lowest BCUT2D eigenvalue weighted by Gasteiger charge is -2.35. The topological polar surface area (TPSA) is 123 Å². The largest absolute Gasteiger partial charge is 0.479 e. The van der Waals surface area contributed by atoms with E-state index in [1.807, 2.05) is 0 Å². The second kappa shape index (κ2) is 3.47. The van der Waals surface area contributed by atoms with Gasteiger partial charge in [-0.2, -0.15) is 0 Å². The van der Waals surface area contributed by atoms with Crippen LogP contribution in [0.15, 0.2) is 0 Å². The van der Waals surface area contributed by atoms with Crippen molar-refractivity contribution in [2.45, 2.75) is 26.4 Å². The monoisotopic (exact) mass is 202 g/mol. The van der Waals surface area contributed by atoms with Crippen LogP contribution in [-0.4, -0.2) is 28.3 Å². The summed E-state index contributed by atoms with van der Waals surface area (Å²) < 4.78 is 0. The lowest BCUT2D eigenvalue weighted by atomic mass is 9.71. The standard InChI is InChI=1S/C8H14N2O4/c1-4(11)7(3,5(2)12)8(9,10)6(13)14/h9-10H2,1-3H3,(H,13,14). The van der Waals surface area contributed by atoms with Crippen molar-refractivity contribution in [3.8, 4) is 0 Å². The van der Waals surface area contributed by atoms with Crippen LogP contribution in [0.25, 0.3) is 0 Å². The molecule has 0 aromatic heterocycles. The highest BCUT2D eigenvalue weighted by Crippen LogP contribution is 2.28. The SMILES string of the molecule is CC(=O)C(C)(C(C)=O)C(N)(N)C(=O)O. The summed E-state index contributed by atoms with van der Waals surface area (Å²) >= 11 is 0. The number of carbonyl (C=O) groups excluding carboxylic acids is 2. The number of Topliss-reactive ketones (excluding diaryl/α,β-unsaturated/α-hetero) is 2. The zero-order valence-electron chi connectivity index (χ0n) is 8.33. The number of ketones is 2. The van der Waals surface area contributed by atoms with E-state index in [0.29, 0.717) is 0 Å². The van der Waals surface area contributed by atoms with Gasteiger partial charge in [-0.25, -0.2) is 4.79 Å². The molecule has 0 aliphatic heterocycles. The van der Waals surface area contributed by atoms with E-state index in [1.54, 1.807) is 0 Å². The van der Waals surface area contributed by atoms with Gasteiger partial charge in [-0.3, -0.25) is 9.59 Å². The fourth-order valence-corrected chi connectivity index (χ4v) is 1.04. The number of rotatable bonds is 4. The van der Waals surface area contributed by atoms with Crippen molar-refractivity contribution in [3.63, 3.8) is 0 Å². The minimum atomic E-state index is -2.38. The summed E-state index contributed by atoms with van der Waals surface area (Å²) in [5, 5.41) is 8.72. The lowest BCUT2D eigenvalue weighted by molar-refractivity contribution is -0.158. The molecule has 0 fully saturated rings. The number of carboxylic acids is 1. The summed E-state index contributed by atoms with van der Waals surface area (Å²) in [6.07, 6.45) is 0. The second-order valence-electron chi connectivity index (χ2n) is 3.41. The van der Waals surface area contributed by atoms with Crippen LogP contribution in [0.3, 0.4) is 0 Å². The number of hydrogen-bond acceptors (Lipinski definition) is 5. The molecule has 5 N–H and O–H groups in total. The molecule has 0 heterocycles. The fraction of sp³-hybridized carbons (Fsp3) is 0.625. The third-order valence-corrected chi connectivity index (χ3v) is 2.59. The Hall–Kier alpha value is -1.27. The van der Waals surface area contributed by atoms with Gasteiger partial charge in [0, 0.05) is 0 Å². The molecule has 0 radical (unpaired) electrons. The Labute approximate surface area is 81.3 Å². The number of nitrogens with two attached hydrogens (primary N) is 2. The van der Waals surface area contributed by atoms with Crippen LogP contribution in [0, 0.1) is 5.41 Å². The fourth-order valence-electron chi connectivity index (χ4n) is 1.04. The molecule has 0 rings (SSSR count). The molecule has 0 aromatic carbocycles. The molecule has 0 aliphatic carbocycles. The van der Waals surface area contributed by atoms with Crippen LogP contribution in [0.4, 0.5) is 0 Å². The number of carboxylic acid groups (broad SMARTS) is 1. The van der Waals surface area contributed by atoms with Gasteiger partial charge in [-0.05, 0) is 20.8 Å². The van der Waals surface area contributed by atoms with Crippen LogP contribution in [-0.2, 0) is 14.4 Å². The third kappa shape index (κ3) is 1.53. The minimum absolute atomic E-state index is 0.669. The molecule has 0 unspecified atom stereocenters. The summed E-state index contributed by atoms with van der Waals surface area (Å²) in [6.45, 7) is 3.30. The van der Waals surface area contributed by atoms with Gasteiger partial charge in [0.25, 0.3) is 0 Å². The smallest absolute Gasteiger partial charge is 0.340 e. The molecule has 0 amide bonds. The first-order valence-corrected chi connectivity index (χ1v) is 3.91. The molecule has 0 spiro atoms. The first-order chi connectivity index (χ1) is 6.08. The normalized spacial score (nSPS) is 12.4.